The Labute approximate surface area is 158 Å². The lowest BCUT2D eigenvalue weighted by molar-refractivity contribution is 0.122. The van der Waals surface area contributed by atoms with E-state index in [0.717, 1.165) is 50.3 Å². The summed E-state index contributed by atoms with van der Waals surface area (Å²) in [5, 5.41) is 0. The smallest absolute Gasteiger partial charge is 0.252 e. The molecule has 0 unspecified atom stereocenters. The maximum absolute atomic E-state index is 13.9. The van der Waals surface area contributed by atoms with E-state index in [9.17, 15) is 9.18 Å². The Morgan fingerprint density at radius 3 is 2.63 bits per heavy atom. The second-order valence-corrected chi connectivity index (χ2v) is 7.24. The molecule has 3 heterocycles. The molecule has 0 bridgehead atoms. The summed E-state index contributed by atoms with van der Waals surface area (Å²) in [4.78, 5) is 24.1. The van der Waals surface area contributed by atoms with Crippen LogP contribution in [0.25, 0.3) is 0 Å². The number of anilines is 1. The minimum Gasteiger partial charge on any atom is -0.378 e. The van der Waals surface area contributed by atoms with Gasteiger partial charge in [0.1, 0.15) is 5.82 Å². The highest BCUT2D eigenvalue weighted by Gasteiger charge is 2.24. The third-order valence-corrected chi connectivity index (χ3v) is 5.42. The summed E-state index contributed by atoms with van der Waals surface area (Å²) >= 11 is 0. The van der Waals surface area contributed by atoms with Crippen molar-refractivity contribution >= 4 is 5.95 Å². The molecule has 2 saturated heterocycles. The number of hydrogen-bond donors (Lipinski definition) is 1. The Morgan fingerprint density at radius 1 is 1.15 bits per heavy atom. The first-order valence-corrected chi connectivity index (χ1v) is 9.59. The van der Waals surface area contributed by atoms with E-state index in [1.165, 1.54) is 6.07 Å². The largest absolute Gasteiger partial charge is 0.378 e. The normalized spacial score (nSPS) is 19.4. The van der Waals surface area contributed by atoms with E-state index in [4.69, 9.17) is 9.72 Å². The molecule has 144 valence electrons. The van der Waals surface area contributed by atoms with Gasteiger partial charge in [0, 0.05) is 37.2 Å². The minimum atomic E-state index is -0.147. The Bertz CT molecular complexity index is 827. The maximum Gasteiger partial charge on any atom is 0.252 e. The maximum atomic E-state index is 13.9. The van der Waals surface area contributed by atoms with Crippen LogP contribution in [0.1, 0.15) is 30.0 Å². The molecule has 1 aromatic heterocycles. The van der Waals surface area contributed by atoms with Gasteiger partial charge in [0.15, 0.2) is 0 Å². The molecule has 2 aliphatic heterocycles. The molecule has 0 spiro atoms. The number of nitrogens with zero attached hydrogens (tertiary/aromatic N) is 3. The predicted molar refractivity (Wildman–Crippen MR) is 102 cm³/mol. The Hall–Kier alpha value is -2.25. The van der Waals surface area contributed by atoms with Crippen molar-refractivity contribution < 1.29 is 9.13 Å². The van der Waals surface area contributed by atoms with E-state index in [1.807, 2.05) is 12.1 Å². The summed E-state index contributed by atoms with van der Waals surface area (Å²) < 4.78 is 19.2. The molecule has 4 rings (SSSR count). The average Bonchev–Trinajstić information content (AvgIpc) is 2.70. The molecule has 0 aliphatic carbocycles. The number of morpholine rings is 1. The van der Waals surface area contributed by atoms with Crippen LogP contribution >= 0.6 is 0 Å². The first kappa shape index (κ1) is 18.1. The SMILES string of the molecule is O=c1cc(C2CCN(Cc3ccccc3F)CC2)nc(N2CCOCC2)[nH]1. The van der Waals surface area contributed by atoms with Crippen molar-refractivity contribution in [3.63, 3.8) is 0 Å². The molecule has 2 fully saturated rings. The number of aromatic nitrogens is 2. The number of ether oxygens (including phenoxy) is 1. The van der Waals surface area contributed by atoms with Gasteiger partial charge >= 0.3 is 0 Å². The molecule has 6 nitrogen and oxygen atoms in total. The molecule has 7 heteroatoms. The zero-order valence-corrected chi connectivity index (χ0v) is 15.4. The van der Waals surface area contributed by atoms with Gasteiger partial charge in [0.25, 0.3) is 5.56 Å². The van der Waals surface area contributed by atoms with Crippen LogP contribution in [-0.4, -0.2) is 54.3 Å². The Morgan fingerprint density at radius 2 is 1.89 bits per heavy atom. The van der Waals surface area contributed by atoms with E-state index in [1.54, 1.807) is 12.1 Å². The fraction of sp³-hybridized carbons (Fsp3) is 0.500. The molecule has 0 atom stereocenters. The standard InChI is InChI=1S/C20H25FN4O2/c21-17-4-2-1-3-16(17)14-24-7-5-15(6-8-24)18-13-19(26)23-20(22-18)25-9-11-27-12-10-25/h1-4,13,15H,5-12,14H2,(H,22,23,26). The topological polar surface area (TPSA) is 61.5 Å². The number of nitrogens with one attached hydrogen (secondary N) is 1. The van der Waals surface area contributed by atoms with Gasteiger partial charge in [0.05, 0.1) is 18.9 Å². The van der Waals surface area contributed by atoms with Crippen molar-refractivity contribution in [1.82, 2.24) is 14.9 Å². The molecule has 0 saturated carbocycles. The van der Waals surface area contributed by atoms with E-state index in [-0.39, 0.29) is 17.3 Å². The summed E-state index contributed by atoms with van der Waals surface area (Å²) in [7, 11) is 0. The van der Waals surface area contributed by atoms with Gasteiger partial charge < -0.3 is 9.64 Å². The first-order chi connectivity index (χ1) is 13.2. The zero-order chi connectivity index (χ0) is 18.6. The number of benzene rings is 1. The van der Waals surface area contributed by atoms with Gasteiger partial charge in [-0.05, 0) is 32.0 Å². The highest BCUT2D eigenvalue weighted by Crippen LogP contribution is 2.28. The summed E-state index contributed by atoms with van der Waals surface area (Å²) in [5.74, 6) is 0.768. The number of likely N-dealkylation sites (tertiary alicyclic amines) is 1. The summed E-state index contributed by atoms with van der Waals surface area (Å²) in [6.45, 7) is 5.17. The second kappa shape index (κ2) is 8.19. The van der Waals surface area contributed by atoms with Crippen molar-refractivity contribution in [2.45, 2.75) is 25.3 Å². The number of rotatable bonds is 4. The molecule has 27 heavy (non-hydrogen) atoms. The van der Waals surface area contributed by atoms with Crippen LogP contribution in [-0.2, 0) is 11.3 Å². The van der Waals surface area contributed by atoms with Gasteiger partial charge in [-0.15, -0.1) is 0 Å². The molecular formula is C20H25FN4O2. The zero-order valence-electron chi connectivity index (χ0n) is 15.4. The number of piperidine rings is 1. The van der Waals surface area contributed by atoms with Crippen molar-refractivity contribution in [3.05, 3.63) is 57.8 Å². The number of H-pyrrole nitrogens is 1. The lowest BCUT2D eigenvalue weighted by atomic mass is 9.93. The van der Waals surface area contributed by atoms with E-state index >= 15 is 0 Å². The van der Waals surface area contributed by atoms with Gasteiger partial charge in [0.2, 0.25) is 5.95 Å². The highest BCUT2D eigenvalue weighted by molar-refractivity contribution is 5.31. The average molecular weight is 372 g/mol. The van der Waals surface area contributed by atoms with E-state index in [0.29, 0.717) is 25.7 Å². The molecular weight excluding hydrogens is 347 g/mol. The second-order valence-electron chi connectivity index (χ2n) is 7.24. The van der Waals surface area contributed by atoms with Gasteiger partial charge in [-0.2, -0.15) is 0 Å². The van der Waals surface area contributed by atoms with Crippen LogP contribution in [0.4, 0.5) is 10.3 Å². The number of halogens is 1. The van der Waals surface area contributed by atoms with Gasteiger partial charge in [-0.1, -0.05) is 18.2 Å². The summed E-state index contributed by atoms with van der Waals surface area (Å²) in [6, 6.07) is 8.57. The van der Waals surface area contributed by atoms with Crippen LogP contribution in [0.5, 0.6) is 0 Å². The molecule has 0 amide bonds. The number of hydrogen-bond acceptors (Lipinski definition) is 5. The minimum absolute atomic E-state index is 0.102. The van der Waals surface area contributed by atoms with Crippen LogP contribution in [0, 0.1) is 5.82 Å². The van der Waals surface area contributed by atoms with Crippen molar-refractivity contribution in [1.29, 1.82) is 0 Å². The molecule has 1 aromatic carbocycles. The lowest BCUT2D eigenvalue weighted by Gasteiger charge is -2.32. The predicted octanol–water partition coefficient (Wildman–Crippen LogP) is 2.13. The molecule has 2 aliphatic rings. The lowest BCUT2D eigenvalue weighted by Crippen LogP contribution is -2.39. The van der Waals surface area contributed by atoms with Crippen LogP contribution in [0.2, 0.25) is 0 Å². The fourth-order valence-electron chi connectivity index (χ4n) is 3.85. The fourth-order valence-corrected chi connectivity index (χ4v) is 3.85. The van der Waals surface area contributed by atoms with Gasteiger partial charge in [-0.3, -0.25) is 14.7 Å². The van der Waals surface area contributed by atoms with Crippen LogP contribution < -0.4 is 10.5 Å². The Kier molecular flexibility index (Phi) is 5.50. The van der Waals surface area contributed by atoms with E-state index < -0.39 is 0 Å². The first-order valence-electron chi connectivity index (χ1n) is 9.59. The van der Waals surface area contributed by atoms with E-state index in [2.05, 4.69) is 14.8 Å². The van der Waals surface area contributed by atoms with Gasteiger partial charge in [-0.25, -0.2) is 9.37 Å². The summed E-state index contributed by atoms with van der Waals surface area (Å²) in [6.07, 6.45) is 1.85. The molecule has 2 aromatic rings. The summed E-state index contributed by atoms with van der Waals surface area (Å²) in [5.41, 5.74) is 1.50. The monoisotopic (exact) mass is 372 g/mol. The third kappa shape index (κ3) is 4.36. The van der Waals surface area contributed by atoms with Crippen molar-refractivity contribution in [3.8, 4) is 0 Å². The quantitative estimate of drug-likeness (QED) is 0.891. The Balaban J connectivity index is 1.41. The van der Waals surface area contributed by atoms with Crippen molar-refractivity contribution in [2.24, 2.45) is 0 Å². The van der Waals surface area contributed by atoms with Crippen molar-refractivity contribution in [2.75, 3.05) is 44.3 Å². The molecule has 1 N–H and O–H groups in total. The van der Waals surface area contributed by atoms with Crippen LogP contribution in [0.3, 0.4) is 0 Å². The molecule has 0 radical (unpaired) electrons. The number of aromatic amines is 1. The van der Waals surface area contributed by atoms with Crippen LogP contribution in [0.15, 0.2) is 35.1 Å². The third-order valence-electron chi connectivity index (χ3n) is 5.42. The highest BCUT2D eigenvalue weighted by atomic mass is 19.1.